The van der Waals surface area contributed by atoms with Gasteiger partial charge in [0.1, 0.15) is 5.82 Å². The summed E-state index contributed by atoms with van der Waals surface area (Å²) in [5, 5.41) is 5.94. The molecule has 0 bridgehead atoms. The number of halogens is 1. The highest BCUT2D eigenvalue weighted by Crippen LogP contribution is 2.41. The van der Waals surface area contributed by atoms with Crippen LogP contribution in [0.15, 0.2) is 24.3 Å². The van der Waals surface area contributed by atoms with Crippen LogP contribution in [0.2, 0.25) is 0 Å². The summed E-state index contributed by atoms with van der Waals surface area (Å²) in [7, 11) is 0. The van der Waals surface area contributed by atoms with E-state index in [1.807, 2.05) is 0 Å². The molecule has 2 aliphatic rings. The number of carbonyl (C=O) groups excluding carboxylic acids is 1. The maximum absolute atomic E-state index is 13.0. The first-order valence-corrected chi connectivity index (χ1v) is 7.62. The maximum atomic E-state index is 13.0. The number of benzene rings is 1. The summed E-state index contributed by atoms with van der Waals surface area (Å²) in [6.45, 7) is 1.33. The fourth-order valence-electron chi connectivity index (χ4n) is 3.06. The Balaban J connectivity index is 1.58. The smallest absolute Gasteiger partial charge is 0.315 e. The van der Waals surface area contributed by atoms with Crippen molar-refractivity contribution in [1.29, 1.82) is 0 Å². The predicted octanol–water partition coefficient (Wildman–Crippen LogP) is 2.68. The van der Waals surface area contributed by atoms with Crippen molar-refractivity contribution in [2.75, 3.05) is 13.2 Å². The van der Waals surface area contributed by atoms with Crippen molar-refractivity contribution in [3.05, 3.63) is 35.6 Å². The van der Waals surface area contributed by atoms with Crippen LogP contribution < -0.4 is 10.6 Å². The summed E-state index contributed by atoms with van der Waals surface area (Å²) in [5.74, 6) is -0.254. The summed E-state index contributed by atoms with van der Waals surface area (Å²) < 4.78 is 18.5. The lowest BCUT2D eigenvalue weighted by molar-refractivity contribution is 0.109. The second kappa shape index (κ2) is 6.02. The third kappa shape index (κ3) is 3.18. The average Bonchev–Trinajstić information content (AvgIpc) is 2.95. The van der Waals surface area contributed by atoms with Gasteiger partial charge in [-0.05, 0) is 49.8 Å². The van der Waals surface area contributed by atoms with E-state index < -0.39 is 0 Å². The van der Waals surface area contributed by atoms with Gasteiger partial charge in [0.15, 0.2) is 0 Å². The Morgan fingerprint density at radius 2 is 2.05 bits per heavy atom. The normalized spacial score (nSPS) is 23.4. The average molecular weight is 292 g/mol. The fraction of sp³-hybridized carbons (Fsp3) is 0.562. The van der Waals surface area contributed by atoms with Crippen LogP contribution >= 0.6 is 0 Å². The summed E-state index contributed by atoms with van der Waals surface area (Å²) in [6, 6.07) is 6.24. The lowest BCUT2D eigenvalue weighted by atomic mass is 9.72. The van der Waals surface area contributed by atoms with Gasteiger partial charge in [-0.1, -0.05) is 12.1 Å². The second-order valence-electron chi connectivity index (χ2n) is 5.91. The molecule has 1 unspecified atom stereocenters. The first kappa shape index (κ1) is 14.3. The number of carbonyl (C=O) groups is 1. The Morgan fingerprint density at radius 1 is 1.29 bits per heavy atom. The molecule has 1 heterocycles. The van der Waals surface area contributed by atoms with Crippen molar-refractivity contribution in [1.82, 2.24) is 10.6 Å². The Kier molecular flexibility index (Phi) is 4.10. The zero-order valence-electron chi connectivity index (χ0n) is 12.0. The molecule has 4 nitrogen and oxygen atoms in total. The van der Waals surface area contributed by atoms with Gasteiger partial charge in [-0.15, -0.1) is 0 Å². The van der Waals surface area contributed by atoms with Crippen LogP contribution in [0.25, 0.3) is 0 Å². The number of rotatable bonds is 4. The van der Waals surface area contributed by atoms with E-state index in [0.717, 1.165) is 44.3 Å². The molecule has 3 rings (SSSR count). The lowest BCUT2D eigenvalue weighted by Gasteiger charge is -2.43. The molecule has 1 aromatic carbocycles. The van der Waals surface area contributed by atoms with Gasteiger partial charge in [0.05, 0.1) is 11.6 Å². The topological polar surface area (TPSA) is 50.4 Å². The van der Waals surface area contributed by atoms with Crippen molar-refractivity contribution in [2.24, 2.45) is 0 Å². The Labute approximate surface area is 124 Å². The lowest BCUT2D eigenvalue weighted by Crippen LogP contribution is -2.54. The number of amides is 2. The van der Waals surface area contributed by atoms with E-state index in [2.05, 4.69) is 10.6 Å². The van der Waals surface area contributed by atoms with Gasteiger partial charge in [-0.2, -0.15) is 0 Å². The number of hydrogen-bond donors (Lipinski definition) is 2. The number of ether oxygens (including phenoxy) is 1. The SMILES string of the molecule is O=C(NCC1CCCO1)NC1(c2ccc(F)cc2)CCC1. The standard InChI is InChI=1S/C16H21FN2O2/c17-13-6-4-12(5-7-13)16(8-2-9-16)19-15(20)18-11-14-3-1-10-21-14/h4-7,14H,1-3,8-11H2,(H2,18,19,20). The Morgan fingerprint density at radius 3 is 2.62 bits per heavy atom. The summed E-state index contributed by atoms with van der Waals surface area (Å²) in [4.78, 5) is 12.1. The number of nitrogens with one attached hydrogen (secondary N) is 2. The first-order valence-electron chi connectivity index (χ1n) is 7.62. The quantitative estimate of drug-likeness (QED) is 0.896. The van der Waals surface area contributed by atoms with E-state index >= 15 is 0 Å². The highest BCUT2D eigenvalue weighted by molar-refractivity contribution is 5.75. The van der Waals surface area contributed by atoms with Crippen LogP contribution in [0, 0.1) is 5.82 Å². The fourth-order valence-corrected chi connectivity index (χ4v) is 3.06. The Bertz CT molecular complexity index is 494. The molecular formula is C16H21FN2O2. The molecule has 2 amide bonds. The van der Waals surface area contributed by atoms with Gasteiger partial charge in [-0.3, -0.25) is 0 Å². The van der Waals surface area contributed by atoms with Crippen LogP contribution in [0.1, 0.15) is 37.7 Å². The molecule has 114 valence electrons. The predicted molar refractivity (Wildman–Crippen MR) is 77.4 cm³/mol. The molecule has 2 fully saturated rings. The van der Waals surface area contributed by atoms with Crippen molar-refractivity contribution >= 4 is 6.03 Å². The minimum atomic E-state index is -0.339. The van der Waals surface area contributed by atoms with Crippen LogP contribution in [0.4, 0.5) is 9.18 Å². The van der Waals surface area contributed by atoms with E-state index in [9.17, 15) is 9.18 Å². The molecule has 1 saturated heterocycles. The molecule has 1 atom stereocenters. The zero-order valence-corrected chi connectivity index (χ0v) is 12.0. The van der Waals surface area contributed by atoms with E-state index in [0.29, 0.717) is 6.54 Å². The second-order valence-corrected chi connectivity index (χ2v) is 5.91. The molecule has 21 heavy (non-hydrogen) atoms. The third-order valence-electron chi connectivity index (χ3n) is 4.47. The maximum Gasteiger partial charge on any atom is 0.315 e. The van der Waals surface area contributed by atoms with E-state index in [4.69, 9.17) is 4.74 Å². The van der Waals surface area contributed by atoms with Gasteiger partial charge in [0, 0.05) is 13.2 Å². The zero-order chi connectivity index (χ0) is 14.7. The molecule has 5 heteroatoms. The van der Waals surface area contributed by atoms with Gasteiger partial charge in [0.2, 0.25) is 0 Å². The summed E-state index contributed by atoms with van der Waals surface area (Å²) >= 11 is 0. The van der Waals surface area contributed by atoms with Crippen LogP contribution in [0.3, 0.4) is 0 Å². The minimum absolute atomic E-state index is 0.138. The molecule has 1 saturated carbocycles. The number of urea groups is 1. The molecule has 1 aliphatic carbocycles. The summed E-state index contributed by atoms with van der Waals surface area (Å²) in [5.41, 5.74) is 0.635. The van der Waals surface area contributed by atoms with E-state index in [1.165, 1.54) is 12.1 Å². The molecule has 1 aliphatic heterocycles. The molecule has 0 radical (unpaired) electrons. The van der Waals surface area contributed by atoms with Crippen LogP contribution in [-0.2, 0) is 10.3 Å². The first-order chi connectivity index (χ1) is 10.2. The highest BCUT2D eigenvalue weighted by atomic mass is 19.1. The molecule has 2 N–H and O–H groups in total. The van der Waals surface area contributed by atoms with Crippen LogP contribution in [0.5, 0.6) is 0 Å². The van der Waals surface area contributed by atoms with E-state index in [-0.39, 0.29) is 23.5 Å². The largest absolute Gasteiger partial charge is 0.376 e. The molecule has 1 aromatic rings. The van der Waals surface area contributed by atoms with Crippen molar-refractivity contribution in [3.63, 3.8) is 0 Å². The Hall–Kier alpha value is -1.62. The van der Waals surface area contributed by atoms with Crippen LogP contribution in [-0.4, -0.2) is 25.3 Å². The van der Waals surface area contributed by atoms with Crippen molar-refractivity contribution in [3.8, 4) is 0 Å². The van der Waals surface area contributed by atoms with Gasteiger partial charge < -0.3 is 15.4 Å². The van der Waals surface area contributed by atoms with Gasteiger partial charge in [0.25, 0.3) is 0 Å². The molecule has 0 spiro atoms. The molecular weight excluding hydrogens is 271 g/mol. The minimum Gasteiger partial charge on any atom is -0.376 e. The highest BCUT2D eigenvalue weighted by Gasteiger charge is 2.40. The number of hydrogen-bond acceptors (Lipinski definition) is 2. The van der Waals surface area contributed by atoms with E-state index in [1.54, 1.807) is 12.1 Å². The van der Waals surface area contributed by atoms with Gasteiger partial charge in [-0.25, -0.2) is 9.18 Å². The van der Waals surface area contributed by atoms with Crippen molar-refractivity contribution < 1.29 is 13.9 Å². The third-order valence-corrected chi connectivity index (χ3v) is 4.47. The molecule has 0 aromatic heterocycles. The van der Waals surface area contributed by atoms with Crippen molar-refractivity contribution in [2.45, 2.75) is 43.7 Å². The monoisotopic (exact) mass is 292 g/mol. The van der Waals surface area contributed by atoms with Gasteiger partial charge >= 0.3 is 6.03 Å². The summed E-state index contributed by atoms with van der Waals surface area (Å²) in [6.07, 6.45) is 5.07.